The molecule has 28 heavy (non-hydrogen) atoms. The summed E-state index contributed by atoms with van der Waals surface area (Å²) in [6, 6.07) is 18.3. The maximum atomic E-state index is 2.42. The molecule has 2 aromatic rings. The van der Waals surface area contributed by atoms with Gasteiger partial charge in [0.2, 0.25) is 0 Å². The molecular weight excluding hydrogens is 459 g/mol. The van der Waals surface area contributed by atoms with Gasteiger partial charge in [-0.05, 0) is 0 Å². The summed E-state index contributed by atoms with van der Waals surface area (Å²) in [5.41, 5.74) is 4.91. The maximum absolute atomic E-state index is 2.42. The molecule has 148 valence electrons. The van der Waals surface area contributed by atoms with Gasteiger partial charge in [0, 0.05) is 0 Å². The zero-order chi connectivity index (χ0) is 17.2. The summed E-state index contributed by atoms with van der Waals surface area (Å²) < 4.78 is 1.58. The fourth-order valence-corrected chi connectivity index (χ4v) is 7.63. The van der Waals surface area contributed by atoms with Crippen molar-refractivity contribution in [3.63, 3.8) is 0 Å². The molecule has 0 spiro atoms. The second-order valence-electron chi connectivity index (χ2n) is 7.89. The topological polar surface area (TPSA) is 0 Å². The minimum Gasteiger partial charge on any atom is -1.00 e. The van der Waals surface area contributed by atoms with Gasteiger partial charge in [-0.25, -0.2) is 0 Å². The van der Waals surface area contributed by atoms with Crippen molar-refractivity contribution in [2.24, 2.45) is 5.92 Å². The van der Waals surface area contributed by atoms with E-state index in [9.17, 15) is 0 Å². The summed E-state index contributed by atoms with van der Waals surface area (Å²) in [6.45, 7) is 2.40. The molecule has 1 fully saturated rings. The molecule has 2 aliphatic carbocycles. The van der Waals surface area contributed by atoms with Crippen LogP contribution in [0.1, 0.15) is 62.5 Å². The second-order valence-corrected chi connectivity index (χ2v) is 10.6. The van der Waals surface area contributed by atoms with Gasteiger partial charge in [0.25, 0.3) is 0 Å². The monoisotopic (exact) mass is 484 g/mol. The molecule has 1 atom stereocenters. The average molecular weight is 486 g/mol. The van der Waals surface area contributed by atoms with Crippen LogP contribution in [0.5, 0.6) is 0 Å². The Hall–Kier alpha value is -0.0188. The van der Waals surface area contributed by atoms with Gasteiger partial charge in [-0.15, -0.1) is 0 Å². The fraction of sp³-hybridized carbons (Fsp3) is 0.391. The first-order chi connectivity index (χ1) is 12.2. The molecule has 1 unspecified atom stereocenters. The number of fused-ring (bicyclic) bond motifs is 1. The van der Waals surface area contributed by atoms with E-state index in [0.29, 0.717) is 5.92 Å². The van der Waals surface area contributed by atoms with E-state index in [-0.39, 0.29) is 37.2 Å². The number of hydrogen-bond acceptors (Lipinski definition) is 0. The summed E-state index contributed by atoms with van der Waals surface area (Å²) >= 11 is 2.37. The molecule has 2 aromatic carbocycles. The minimum atomic E-state index is -0.397. The predicted octanol–water partition coefficient (Wildman–Crippen LogP) is -4.84. The van der Waals surface area contributed by atoms with Crippen LogP contribution in [0, 0.1) is 5.92 Å². The van der Waals surface area contributed by atoms with Gasteiger partial charge in [0.1, 0.15) is 0 Å². The van der Waals surface area contributed by atoms with E-state index in [2.05, 4.69) is 75.9 Å². The summed E-state index contributed by atoms with van der Waals surface area (Å²) in [6.07, 6.45) is 8.65. The Balaban J connectivity index is 0.00000131. The van der Waals surface area contributed by atoms with E-state index in [1.54, 1.807) is 31.0 Å². The zero-order valence-corrected chi connectivity index (χ0v) is 21.6. The van der Waals surface area contributed by atoms with Gasteiger partial charge in [0.15, 0.2) is 0 Å². The summed E-state index contributed by atoms with van der Waals surface area (Å²) in [4.78, 5) is 0. The van der Waals surface area contributed by atoms with E-state index >= 15 is 0 Å². The Morgan fingerprint density at radius 1 is 0.893 bits per heavy atom. The molecule has 0 bridgehead atoms. The fourth-order valence-electron chi connectivity index (χ4n) is 4.84. The normalized spacial score (nSPS) is 19.0. The van der Waals surface area contributed by atoms with Crippen LogP contribution < -0.4 is 47.6 Å². The van der Waals surface area contributed by atoms with Crippen LogP contribution >= 0.6 is 0 Å². The van der Waals surface area contributed by atoms with Crippen molar-refractivity contribution in [3.8, 4) is 0 Å². The van der Waals surface area contributed by atoms with Gasteiger partial charge >= 0.3 is 167 Å². The van der Waals surface area contributed by atoms with Crippen molar-refractivity contribution in [1.29, 1.82) is 0 Å². The van der Waals surface area contributed by atoms with E-state index in [4.69, 9.17) is 0 Å². The van der Waals surface area contributed by atoms with Gasteiger partial charge in [0.05, 0.1) is 0 Å². The van der Waals surface area contributed by atoms with Crippen molar-refractivity contribution < 1.29 is 57.7 Å². The van der Waals surface area contributed by atoms with Crippen LogP contribution in [-0.2, 0) is 20.4 Å². The summed E-state index contributed by atoms with van der Waals surface area (Å²) in [7, 11) is -0.397. The molecule has 2 aliphatic rings. The molecule has 0 radical (unpaired) electrons. The predicted molar refractivity (Wildman–Crippen MR) is 107 cm³/mol. The molecule has 4 rings (SSSR count). The molecule has 0 nitrogen and oxygen atoms in total. The van der Waals surface area contributed by atoms with E-state index in [1.807, 2.05) is 0 Å². The molecule has 0 aliphatic heterocycles. The molecule has 0 heterocycles. The van der Waals surface area contributed by atoms with Gasteiger partial charge < -0.3 is 37.2 Å². The van der Waals surface area contributed by atoms with Crippen LogP contribution in [0.2, 0.25) is 0 Å². The summed E-state index contributed by atoms with van der Waals surface area (Å²) in [5.74, 6) is 1.63. The van der Waals surface area contributed by atoms with Crippen molar-refractivity contribution in [2.45, 2.75) is 51.4 Å². The first-order valence-corrected chi connectivity index (χ1v) is 12.0. The third-order valence-electron chi connectivity index (χ3n) is 6.26. The number of rotatable bonds is 4. The van der Waals surface area contributed by atoms with Crippen LogP contribution in [0.15, 0.2) is 54.1 Å². The van der Waals surface area contributed by atoms with Crippen LogP contribution in [0.25, 0.3) is 3.88 Å². The molecular formula is C23H27Cl3SiTi. The van der Waals surface area contributed by atoms with Crippen LogP contribution in [0.4, 0.5) is 0 Å². The largest absolute Gasteiger partial charge is 1.00 e. The number of hydrogen-bond donors (Lipinski definition) is 0. The smallest absolute Gasteiger partial charge is 1.00 e. The van der Waals surface area contributed by atoms with Gasteiger partial charge in [-0.1, -0.05) is 0 Å². The van der Waals surface area contributed by atoms with E-state index in [0.717, 1.165) is 5.92 Å². The molecule has 0 saturated heterocycles. The molecule has 5 heteroatoms. The van der Waals surface area contributed by atoms with E-state index < -0.39 is 9.52 Å². The van der Waals surface area contributed by atoms with Crippen LogP contribution in [-0.4, -0.2) is 9.52 Å². The number of halogens is 3. The number of benzene rings is 2. The van der Waals surface area contributed by atoms with Gasteiger partial charge in [-0.2, -0.15) is 0 Å². The Morgan fingerprint density at radius 2 is 1.57 bits per heavy atom. The van der Waals surface area contributed by atoms with Gasteiger partial charge in [-0.3, -0.25) is 0 Å². The third-order valence-corrected chi connectivity index (χ3v) is 9.11. The average Bonchev–Trinajstić information content (AvgIpc) is 2.89. The third kappa shape index (κ3) is 5.56. The van der Waals surface area contributed by atoms with Crippen LogP contribution in [0.3, 0.4) is 0 Å². The Bertz CT molecular complexity index is 786. The number of allylic oxidation sites excluding steroid dienone is 1. The van der Waals surface area contributed by atoms with Crippen molar-refractivity contribution in [3.05, 3.63) is 65.2 Å². The quantitative estimate of drug-likeness (QED) is 0.381. The first-order valence-electron chi connectivity index (χ1n) is 9.82. The van der Waals surface area contributed by atoms with Crippen molar-refractivity contribution >= 4 is 23.8 Å². The van der Waals surface area contributed by atoms with E-state index in [1.165, 1.54) is 38.5 Å². The Labute approximate surface area is 202 Å². The Morgan fingerprint density at radius 3 is 2.25 bits per heavy atom. The van der Waals surface area contributed by atoms with Crippen molar-refractivity contribution in [1.82, 2.24) is 0 Å². The summed E-state index contributed by atoms with van der Waals surface area (Å²) in [5, 5.41) is 3.20. The molecule has 1 saturated carbocycles. The SMILES string of the molecule is CC1=[C]([Ti+3])c2c([SiH2]c3ccccc3)cccc2C1CC1CCCCC1.[Cl-].[Cl-].[Cl-]. The standard InChI is InChI=1S/C23H27Si.3ClH.Ti/c1-17-15-22-20(21(17)16-18-9-4-2-5-10-18)13-8-14-23(22)24-19-11-6-3-7-12-19;;;;/h3,6-8,11-14,18,21H,2,4-5,9-10,16,24H2,1H3;3*1H;/q;;;;+3/p-3. The Kier molecular flexibility index (Phi) is 11.1. The zero-order valence-electron chi connectivity index (χ0n) is 16.4. The molecule has 0 amide bonds. The first kappa shape index (κ1) is 26.0. The minimum absolute atomic E-state index is 0. The molecule has 0 N–H and O–H groups in total. The maximum Gasteiger partial charge on any atom is -1.00 e. The molecule has 0 aromatic heterocycles. The van der Waals surface area contributed by atoms with Crippen molar-refractivity contribution in [2.75, 3.05) is 0 Å². The second kappa shape index (κ2) is 12.0.